The summed E-state index contributed by atoms with van der Waals surface area (Å²) in [4.78, 5) is 0. The molecular formula is C9H20O3. The first kappa shape index (κ1) is 11.9. The normalized spacial score (nSPS) is 10.5. The number of aliphatic hydroxyl groups is 1. The molecular weight excluding hydrogens is 156 g/mol. The highest BCUT2D eigenvalue weighted by atomic mass is 16.5. The van der Waals surface area contributed by atoms with Gasteiger partial charge >= 0.3 is 0 Å². The van der Waals surface area contributed by atoms with Crippen LogP contribution in [0.5, 0.6) is 0 Å². The lowest BCUT2D eigenvalue weighted by molar-refractivity contribution is 0.0509. The molecule has 0 aliphatic heterocycles. The van der Waals surface area contributed by atoms with Crippen molar-refractivity contribution in [1.29, 1.82) is 0 Å². The van der Waals surface area contributed by atoms with E-state index in [2.05, 4.69) is 0 Å². The Bertz CT molecular complexity index is 66.2. The molecule has 12 heavy (non-hydrogen) atoms. The van der Waals surface area contributed by atoms with E-state index in [9.17, 15) is 0 Å². The summed E-state index contributed by atoms with van der Waals surface area (Å²) in [5.74, 6) is 0. The molecule has 3 nitrogen and oxygen atoms in total. The Balaban J connectivity index is 2.73. The van der Waals surface area contributed by atoms with Crippen LogP contribution < -0.4 is 0 Å². The third-order valence-electron chi connectivity index (χ3n) is 1.52. The van der Waals surface area contributed by atoms with Crippen molar-refractivity contribution in [3.05, 3.63) is 0 Å². The van der Waals surface area contributed by atoms with E-state index in [0.29, 0.717) is 19.8 Å². The van der Waals surface area contributed by atoms with Crippen molar-refractivity contribution >= 4 is 0 Å². The summed E-state index contributed by atoms with van der Waals surface area (Å²) in [6.07, 6.45) is 2.96. The lowest BCUT2D eigenvalue weighted by atomic mass is 10.2. The van der Waals surface area contributed by atoms with Crippen molar-refractivity contribution in [2.75, 3.05) is 33.0 Å². The van der Waals surface area contributed by atoms with Crippen molar-refractivity contribution in [3.63, 3.8) is 0 Å². The van der Waals surface area contributed by atoms with Crippen LogP contribution in [0.25, 0.3) is 0 Å². The van der Waals surface area contributed by atoms with E-state index >= 15 is 0 Å². The van der Waals surface area contributed by atoms with Crippen LogP contribution in [0.1, 0.15) is 26.2 Å². The van der Waals surface area contributed by atoms with Gasteiger partial charge in [0.25, 0.3) is 0 Å². The SMILES string of the molecule is CCOCCOCCCCCO. The summed E-state index contributed by atoms with van der Waals surface area (Å²) >= 11 is 0. The molecule has 0 saturated carbocycles. The molecule has 0 aliphatic carbocycles. The Morgan fingerprint density at radius 2 is 1.67 bits per heavy atom. The second-order valence-corrected chi connectivity index (χ2v) is 2.59. The van der Waals surface area contributed by atoms with E-state index in [1.165, 1.54) is 0 Å². The summed E-state index contributed by atoms with van der Waals surface area (Å²) in [5.41, 5.74) is 0. The van der Waals surface area contributed by atoms with Crippen molar-refractivity contribution < 1.29 is 14.6 Å². The third kappa shape index (κ3) is 9.88. The largest absolute Gasteiger partial charge is 0.396 e. The van der Waals surface area contributed by atoms with Crippen LogP contribution in [-0.2, 0) is 9.47 Å². The number of rotatable bonds is 9. The van der Waals surface area contributed by atoms with Crippen LogP contribution in [-0.4, -0.2) is 38.1 Å². The summed E-state index contributed by atoms with van der Waals surface area (Å²) in [7, 11) is 0. The number of hydrogen-bond acceptors (Lipinski definition) is 3. The zero-order valence-electron chi connectivity index (χ0n) is 7.92. The van der Waals surface area contributed by atoms with Crippen LogP contribution in [0.3, 0.4) is 0 Å². The smallest absolute Gasteiger partial charge is 0.0700 e. The molecule has 0 radical (unpaired) electrons. The van der Waals surface area contributed by atoms with Crippen LogP contribution in [0.4, 0.5) is 0 Å². The number of ether oxygens (including phenoxy) is 2. The van der Waals surface area contributed by atoms with Crippen molar-refractivity contribution in [2.24, 2.45) is 0 Å². The highest BCUT2D eigenvalue weighted by Gasteiger charge is 1.89. The number of hydrogen-bond donors (Lipinski definition) is 1. The van der Waals surface area contributed by atoms with Gasteiger partial charge in [-0.1, -0.05) is 0 Å². The van der Waals surface area contributed by atoms with Crippen molar-refractivity contribution in [2.45, 2.75) is 26.2 Å². The lowest BCUT2D eigenvalue weighted by Gasteiger charge is -2.03. The van der Waals surface area contributed by atoms with Gasteiger partial charge in [-0.05, 0) is 26.2 Å². The third-order valence-corrected chi connectivity index (χ3v) is 1.52. The maximum Gasteiger partial charge on any atom is 0.0700 e. The van der Waals surface area contributed by atoms with Gasteiger partial charge in [0.2, 0.25) is 0 Å². The Morgan fingerprint density at radius 3 is 2.33 bits per heavy atom. The zero-order chi connectivity index (χ0) is 9.07. The summed E-state index contributed by atoms with van der Waals surface area (Å²) in [6.45, 7) is 5.19. The topological polar surface area (TPSA) is 38.7 Å². The monoisotopic (exact) mass is 176 g/mol. The minimum absolute atomic E-state index is 0.291. The first-order chi connectivity index (χ1) is 5.91. The first-order valence-corrected chi connectivity index (χ1v) is 4.68. The van der Waals surface area contributed by atoms with E-state index in [1.54, 1.807) is 0 Å². The van der Waals surface area contributed by atoms with Gasteiger partial charge in [0.1, 0.15) is 0 Å². The van der Waals surface area contributed by atoms with Crippen LogP contribution >= 0.6 is 0 Å². The van der Waals surface area contributed by atoms with Gasteiger partial charge in [-0.2, -0.15) is 0 Å². The molecule has 0 amide bonds. The standard InChI is InChI=1S/C9H20O3/c1-2-11-8-9-12-7-5-3-4-6-10/h10H,2-9H2,1H3. The minimum Gasteiger partial charge on any atom is -0.396 e. The molecule has 0 aromatic heterocycles. The van der Waals surface area contributed by atoms with E-state index in [-0.39, 0.29) is 0 Å². The van der Waals surface area contributed by atoms with E-state index in [4.69, 9.17) is 14.6 Å². The molecule has 0 aromatic carbocycles. The molecule has 0 fully saturated rings. The minimum atomic E-state index is 0.291. The molecule has 1 N–H and O–H groups in total. The lowest BCUT2D eigenvalue weighted by Crippen LogP contribution is -2.04. The molecule has 0 aliphatic rings. The number of aliphatic hydroxyl groups excluding tert-OH is 1. The Morgan fingerprint density at radius 1 is 0.917 bits per heavy atom. The van der Waals surface area contributed by atoms with Gasteiger partial charge < -0.3 is 14.6 Å². The molecule has 0 atom stereocenters. The van der Waals surface area contributed by atoms with E-state index in [0.717, 1.165) is 32.5 Å². The fourth-order valence-electron chi connectivity index (χ4n) is 0.857. The highest BCUT2D eigenvalue weighted by Crippen LogP contribution is 1.94. The predicted molar refractivity (Wildman–Crippen MR) is 48.2 cm³/mol. The van der Waals surface area contributed by atoms with Crippen molar-refractivity contribution in [1.82, 2.24) is 0 Å². The van der Waals surface area contributed by atoms with Gasteiger partial charge in [-0.25, -0.2) is 0 Å². The maximum atomic E-state index is 8.48. The second kappa shape index (κ2) is 10.9. The zero-order valence-corrected chi connectivity index (χ0v) is 7.92. The predicted octanol–water partition coefficient (Wildman–Crippen LogP) is 1.20. The molecule has 0 bridgehead atoms. The molecule has 0 saturated heterocycles. The van der Waals surface area contributed by atoms with Gasteiger partial charge in [-0.3, -0.25) is 0 Å². The summed E-state index contributed by atoms with van der Waals surface area (Å²) in [6, 6.07) is 0. The number of unbranched alkanes of at least 4 members (excludes halogenated alkanes) is 2. The molecule has 3 heteroatoms. The average molecular weight is 176 g/mol. The molecule has 0 spiro atoms. The first-order valence-electron chi connectivity index (χ1n) is 4.68. The van der Waals surface area contributed by atoms with Gasteiger partial charge in [0.15, 0.2) is 0 Å². The average Bonchev–Trinajstić information content (AvgIpc) is 2.10. The van der Waals surface area contributed by atoms with Crippen LogP contribution in [0.15, 0.2) is 0 Å². The maximum absolute atomic E-state index is 8.48. The molecule has 0 aromatic rings. The van der Waals surface area contributed by atoms with Gasteiger partial charge in [0.05, 0.1) is 13.2 Å². The van der Waals surface area contributed by atoms with Crippen LogP contribution in [0, 0.1) is 0 Å². The van der Waals surface area contributed by atoms with Crippen LogP contribution in [0.2, 0.25) is 0 Å². The Hall–Kier alpha value is -0.120. The quantitative estimate of drug-likeness (QED) is 0.536. The fourth-order valence-corrected chi connectivity index (χ4v) is 0.857. The molecule has 0 heterocycles. The van der Waals surface area contributed by atoms with Gasteiger partial charge in [0, 0.05) is 19.8 Å². The van der Waals surface area contributed by atoms with E-state index < -0.39 is 0 Å². The van der Waals surface area contributed by atoms with Crippen molar-refractivity contribution in [3.8, 4) is 0 Å². The summed E-state index contributed by atoms with van der Waals surface area (Å²) in [5, 5.41) is 8.48. The van der Waals surface area contributed by atoms with E-state index in [1.807, 2.05) is 6.92 Å². The fraction of sp³-hybridized carbons (Fsp3) is 1.00. The Labute approximate surface area is 74.7 Å². The Kier molecular flexibility index (Phi) is 10.8. The second-order valence-electron chi connectivity index (χ2n) is 2.59. The molecule has 0 rings (SSSR count). The van der Waals surface area contributed by atoms with Gasteiger partial charge in [-0.15, -0.1) is 0 Å². The molecule has 74 valence electrons. The summed E-state index contributed by atoms with van der Waals surface area (Å²) < 4.78 is 10.4. The molecule has 0 unspecified atom stereocenters. The highest BCUT2D eigenvalue weighted by molar-refractivity contribution is 4.39.